The molecular formula is C10H20N2. The molecule has 0 bridgehead atoms. The molecule has 0 aliphatic heterocycles. The van der Waals surface area contributed by atoms with Crippen molar-refractivity contribution in [2.45, 2.75) is 46.1 Å². The smallest absolute Gasteiger partial charge is 0.0638 e. The summed E-state index contributed by atoms with van der Waals surface area (Å²) in [5.74, 6) is 0. The van der Waals surface area contributed by atoms with Gasteiger partial charge in [-0.25, -0.2) is 0 Å². The van der Waals surface area contributed by atoms with E-state index >= 15 is 0 Å². The number of rotatable bonds is 6. The highest BCUT2D eigenvalue weighted by atomic mass is 15.1. The molecular weight excluding hydrogens is 148 g/mol. The van der Waals surface area contributed by atoms with Crippen molar-refractivity contribution in [1.29, 1.82) is 5.26 Å². The molecule has 0 aliphatic rings. The Kier molecular flexibility index (Phi) is 6.79. The number of unbranched alkanes of at least 4 members (excludes halogenated alkanes) is 1. The molecule has 0 heterocycles. The largest absolute Gasteiger partial charge is 0.300 e. The topological polar surface area (TPSA) is 27.0 Å². The SMILES string of the molecule is CCCCN(CC)C(C)CC#N. The van der Waals surface area contributed by atoms with Crippen LogP contribution in [0.5, 0.6) is 0 Å². The Hall–Kier alpha value is -0.550. The van der Waals surface area contributed by atoms with Gasteiger partial charge in [0.15, 0.2) is 0 Å². The molecule has 1 unspecified atom stereocenters. The minimum atomic E-state index is 0.423. The summed E-state index contributed by atoms with van der Waals surface area (Å²) in [5.41, 5.74) is 0. The van der Waals surface area contributed by atoms with Gasteiger partial charge < -0.3 is 0 Å². The molecule has 0 aromatic carbocycles. The lowest BCUT2D eigenvalue weighted by molar-refractivity contribution is 0.219. The summed E-state index contributed by atoms with van der Waals surface area (Å²) in [5, 5.41) is 8.53. The predicted molar refractivity (Wildman–Crippen MR) is 51.8 cm³/mol. The van der Waals surface area contributed by atoms with Crippen molar-refractivity contribution in [2.24, 2.45) is 0 Å². The monoisotopic (exact) mass is 168 g/mol. The van der Waals surface area contributed by atoms with Crippen LogP contribution in [0.3, 0.4) is 0 Å². The number of hydrogen-bond donors (Lipinski definition) is 0. The lowest BCUT2D eigenvalue weighted by atomic mass is 10.2. The quantitative estimate of drug-likeness (QED) is 0.609. The van der Waals surface area contributed by atoms with Crippen LogP contribution in [0.4, 0.5) is 0 Å². The van der Waals surface area contributed by atoms with Gasteiger partial charge in [0.05, 0.1) is 12.5 Å². The summed E-state index contributed by atoms with van der Waals surface area (Å²) >= 11 is 0. The van der Waals surface area contributed by atoms with Crippen LogP contribution in [0.1, 0.15) is 40.0 Å². The van der Waals surface area contributed by atoms with E-state index < -0.39 is 0 Å². The van der Waals surface area contributed by atoms with Gasteiger partial charge >= 0.3 is 0 Å². The summed E-state index contributed by atoms with van der Waals surface area (Å²) < 4.78 is 0. The van der Waals surface area contributed by atoms with Crippen LogP contribution in [0.25, 0.3) is 0 Å². The van der Waals surface area contributed by atoms with Gasteiger partial charge in [0.25, 0.3) is 0 Å². The molecule has 2 nitrogen and oxygen atoms in total. The first-order chi connectivity index (χ1) is 5.76. The van der Waals surface area contributed by atoms with Crippen molar-refractivity contribution in [2.75, 3.05) is 13.1 Å². The first-order valence-corrected chi connectivity index (χ1v) is 4.87. The fourth-order valence-corrected chi connectivity index (χ4v) is 1.31. The zero-order chi connectivity index (χ0) is 9.40. The van der Waals surface area contributed by atoms with Crippen molar-refractivity contribution in [3.05, 3.63) is 0 Å². The minimum absolute atomic E-state index is 0.423. The van der Waals surface area contributed by atoms with Gasteiger partial charge in [-0.3, -0.25) is 4.90 Å². The molecule has 0 aromatic rings. The third kappa shape index (κ3) is 4.35. The predicted octanol–water partition coefficient (Wildman–Crippen LogP) is 2.41. The van der Waals surface area contributed by atoms with E-state index in [1.807, 2.05) is 0 Å². The second kappa shape index (κ2) is 7.12. The van der Waals surface area contributed by atoms with Crippen molar-refractivity contribution >= 4 is 0 Å². The molecule has 0 aliphatic carbocycles. The molecule has 0 spiro atoms. The van der Waals surface area contributed by atoms with Gasteiger partial charge in [-0.05, 0) is 26.4 Å². The molecule has 1 atom stereocenters. The van der Waals surface area contributed by atoms with E-state index in [1.54, 1.807) is 0 Å². The third-order valence-corrected chi connectivity index (χ3v) is 2.22. The summed E-state index contributed by atoms with van der Waals surface area (Å²) in [6.45, 7) is 8.67. The molecule has 0 aromatic heterocycles. The molecule has 0 rings (SSSR count). The summed E-state index contributed by atoms with van der Waals surface area (Å²) in [6, 6.07) is 2.64. The Morgan fingerprint density at radius 1 is 1.42 bits per heavy atom. The van der Waals surface area contributed by atoms with Crippen molar-refractivity contribution < 1.29 is 0 Å². The van der Waals surface area contributed by atoms with Crippen LogP contribution in [0.2, 0.25) is 0 Å². The Morgan fingerprint density at radius 3 is 2.50 bits per heavy atom. The zero-order valence-electron chi connectivity index (χ0n) is 8.51. The highest BCUT2D eigenvalue weighted by molar-refractivity contribution is 4.79. The maximum absolute atomic E-state index is 8.53. The van der Waals surface area contributed by atoms with Gasteiger partial charge in [-0.15, -0.1) is 0 Å². The van der Waals surface area contributed by atoms with Gasteiger partial charge in [-0.2, -0.15) is 5.26 Å². The van der Waals surface area contributed by atoms with E-state index in [0.717, 1.165) is 13.1 Å². The van der Waals surface area contributed by atoms with Crippen molar-refractivity contribution in [3.8, 4) is 6.07 Å². The van der Waals surface area contributed by atoms with Crippen molar-refractivity contribution in [3.63, 3.8) is 0 Å². The Morgan fingerprint density at radius 2 is 2.08 bits per heavy atom. The van der Waals surface area contributed by atoms with Crippen LogP contribution in [0, 0.1) is 11.3 Å². The summed E-state index contributed by atoms with van der Waals surface area (Å²) in [4.78, 5) is 2.37. The third-order valence-electron chi connectivity index (χ3n) is 2.22. The van der Waals surface area contributed by atoms with E-state index in [-0.39, 0.29) is 0 Å². The minimum Gasteiger partial charge on any atom is -0.300 e. The van der Waals surface area contributed by atoms with Crippen molar-refractivity contribution in [1.82, 2.24) is 4.90 Å². The average molecular weight is 168 g/mol. The van der Waals surface area contributed by atoms with E-state index in [1.165, 1.54) is 12.8 Å². The van der Waals surface area contributed by atoms with Gasteiger partial charge in [0.1, 0.15) is 0 Å². The van der Waals surface area contributed by atoms with Gasteiger partial charge in [-0.1, -0.05) is 20.3 Å². The van der Waals surface area contributed by atoms with E-state index in [4.69, 9.17) is 5.26 Å². The molecule has 0 N–H and O–H groups in total. The fraction of sp³-hybridized carbons (Fsp3) is 0.900. The highest BCUT2D eigenvalue weighted by Gasteiger charge is 2.09. The maximum Gasteiger partial charge on any atom is 0.0638 e. The molecule has 12 heavy (non-hydrogen) atoms. The summed E-state index contributed by atoms with van der Waals surface area (Å²) in [6.07, 6.45) is 3.12. The van der Waals surface area contributed by atoms with Crippen LogP contribution >= 0.6 is 0 Å². The van der Waals surface area contributed by atoms with Gasteiger partial charge in [0, 0.05) is 6.04 Å². The standard InChI is InChI=1S/C10H20N2/c1-4-6-9-12(5-2)10(3)7-8-11/h10H,4-7,9H2,1-3H3. The number of hydrogen-bond acceptors (Lipinski definition) is 2. The lowest BCUT2D eigenvalue weighted by Crippen LogP contribution is -2.33. The molecule has 0 amide bonds. The molecule has 70 valence electrons. The summed E-state index contributed by atoms with van der Waals surface area (Å²) in [7, 11) is 0. The normalized spacial score (nSPS) is 12.9. The van der Waals surface area contributed by atoms with E-state index in [2.05, 4.69) is 31.7 Å². The molecule has 0 saturated heterocycles. The van der Waals surface area contributed by atoms with Gasteiger partial charge in [0.2, 0.25) is 0 Å². The Labute approximate surface area is 76.2 Å². The second-order valence-corrected chi connectivity index (χ2v) is 3.19. The maximum atomic E-state index is 8.53. The molecule has 0 radical (unpaired) electrons. The first-order valence-electron chi connectivity index (χ1n) is 4.87. The zero-order valence-corrected chi connectivity index (χ0v) is 8.51. The lowest BCUT2D eigenvalue weighted by Gasteiger charge is -2.25. The Balaban J connectivity index is 3.72. The van der Waals surface area contributed by atoms with E-state index in [9.17, 15) is 0 Å². The van der Waals surface area contributed by atoms with Crippen LogP contribution < -0.4 is 0 Å². The molecule has 0 fully saturated rings. The van der Waals surface area contributed by atoms with Crippen LogP contribution in [0.15, 0.2) is 0 Å². The Bertz CT molecular complexity index is 137. The van der Waals surface area contributed by atoms with Crippen LogP contribution in [-0.2, 0) is 0 Å². The number of nitrogens with zero attached hydrogens (tertiary/aromatic N) is 2. The first kappa shape index (κ1) is 11.4. The van der Waals surface area contributed by atoms with E-state index in [0.29, 0.717) is 12.5 Å². The number of nitriles is 1. The highest BCUT2D eigenvalue weighted by Crippen LogP contribution is 2.04. The van der Waals surface area contributed by atoms with Crippen LogP contribution in [-0.4, -0.2) is 24.0 Å². The average Bonchev–Trinajstić information content (AvgIpc) is 2.06. The second-order valence-electron chi connectivity index (χ2n) is 3.19. The fourth-order valence-electron chi connectivity index (χ4n) is 1.31. The molecule has 2 heteroatoms. The molecule has 0 saturated carbocycles.